The van der Waals surface area contributed by atoms with Gasteiger partial charge in [-0.1, -0.05) is 44.2 Å². The molecule has 0 saturated carbocycles. The van der Waals surface area contributed by atoms with E-state index < -0.39 is 0 Å². The summed E-state index contributed by atoms with van der Waals surface area (Å²) in [6.07, 6.45) is 1.78. The van der Waals surface area contributed by atoms with E-state index in [1.165, 1.54) is 0 Å². The maximum atomic E-state index is 12.2. The fourth-order valence-corrected chi connectivity index (χ4v) is 2.43. The molecule has 3 nitrogen and oxygen atoms in total. The van der Waals surface area contributed by atoms with Gasteiger partial charge in [0.15, 0.2) is 6.61 Å². The van der Waals surface area contributed by atoms with Crippen molar-refractivity contribution in [2.75, 3.05) is 11.9 Å². The first-order chi connectivity index (χ1) is 10.6. The summed E-state index contributed by atoms with van der Waals surface area (Å²) in [6.45, 7) is 6.20. The Kier molecular flexibility index (Phi) is 5.59. The maximum Gasteiger partial charge on any atom is 0.262 e. The molecule has 0 aliphatic carbocycles. The number of para-hydroxylation sites is 1. The first-order valence-corrected chi connectivity index (χ1v) is 7.74. The molecule has 0 aliphatic heterocycles. The second-order valence-electron chi connectivity index (χ2n) is 5.31. The number of aryl methyl sites for hydroxylation is 3. The van der Waals surface area contributed by atoms with Gasteiger partial charge in [0.05, 0.1) is 0 Å². The van der Waals surface area contributed by atoms with Crippen molar-refractivity contribution in [3.8, 4) is 5.75 Å². The molecule has 0 radical (unpaired) electrons. The highest BCUT2D eigenvalue weighted by Crippen LogP contribution is 2.22. The molecule has 22 heavy (non-hydrogen) atoms. The van der Waals surface area contributed by atoms with Gasteiger partial charge < -0.3 is 10.1 Å². The second kappa shape index (κ2) is 7.64. The van der Waals surface area contributed by atoms with Crippen molar-refractivity contribution in [1.29, 1.82) is 0 Å². The fourth-order valence-electron chi connectivity index (χ4n) is 2.43. The number of ether oxygens (including phenoxy) is 1. The predicted octanol–water partition coefficient (Wildman–Crippen LogP) is 4.14. The number of nitrogens with one attached hydrogen (secondary N) is 1. The van der Waals surface area contributed by atoms with Gasteiger partial charge in [-0.3, -0.25) is 4.79 Å². The lowest BCUT2D eigenvalue weighted by Gasteiger charge is -2.14. The highest BCUT2D eigenvalue weighted by Gasteiger charge is 2.10. The summed E-state index contributed by atoms with van der Waals surface area (Å²) >= 11 is 0. The highest BCUT2D eigenvalue weighted by atomic mass is 16.5. The summed E-state index contributed by atoms with van der Waals surface area (Å²) < 4.78 is 5.56. The molecule has 1 amide bonds. The Morgan fingerprint density at radius 1 is 1.05 bits per heavy atom. The van der Waals surface area contributed by atoms with E-state index in [-0.39, 0.29) is 12.5 Å². The number of hydrogen-bond donors (Lipinski definition) is 1. The predicted molar refractivity (Wildman–Crippen MR) is 90.5 cm³/mol. The molecule has 0 unspecified atom stereocenters. The molecular formula is C19H23NO2. The van der Waals surface area contributed by atoms with E-state index in [1.54, 1.807) is 0 Å². The Labute approximate surface area is 132 Å². The number of rotatable bonds is 6. The molecule has 0 aliphatic rings. The van der Waals surface area contributed by atoms with E-state index in [2.05, 4.69) is 31.3 Å². The summed E-state index contributed by atoms with van der Waals surface area (Å²) in [5.41, 5.74) is 4.36. The van der Waals surface area contributed by atoms with Crippen molar-refractivity contribution in [3.05, 3.63) is 59.2 Å². The fraction of sp³-hybridized carbons (Fsp3) is 0.316. The number of hydrogen-bond acceptors (Lipinski definition) is 2. The van der Waals surface area contributed by atoms with E-state index in [0.29, 0.717) is 0 Å². The standard InChI is InChI=1S/C19H23NO2/c1-4-15-9-7-10-16(5-2)19(15)20-18(21)13-22-17-11-6-8-14(3)12-17/h6-12H,4-5,13H2,1-3H3,(H,20,21). The van der Waals surface area contributed by atoms with Gasteiger partial charge in [-0.05, 0) is 48.6 Å². The summed E-state index contributed by atoms with van der Waals surface area (Å²) in [4.78, 5) is 12.2. The average molecular weight is 297 g/mol. The lowest BCUT2D eigenvalue weighted by atomic mass is 10.0. The normalized spacial score (nSPS) is 10.3. The van der Waals surface area contributed by atoms with Crippen LogP contribution in [-0.2, 0) is 17.6 Å². The van der Waals surface area contributed by atoms with Crippen LogP contribution in [0.2, 0.25) is 0 Å². The zero-order chi connectivity index (χ0) is 15.9. The average Bonchev–Trinajstić information content (AvgIpc) is 2.53. The molecule has 2 aromatic carbocycles. The third kappa shape index (κ3) is 4.10. The van der Waals surface area contributed by atoms with Crippen LogP contribution in [0.4, 0.5) is 5.69 Å². The third-order valence-corrected chi connectivity index (χ3v) is 3.62. The van der Waals surface area contributed by atoms with Gasteiger partial charge >= 0.3 is 0 Å². The summed E-state index contributed by atoms with van der Waals surface area (Å²) in [5, 5.41) is 3.00. The van der Waals surface area contributed by atoms with Gasteiger partial charge in [-0.2, -0.15) is 0 Å². The van der Waals surface area contributed by atoms with E-state index in [1.807, 2.05) is 37.3 Å². The zero-order valence-corrected chi connectivity index (χ0v) is 13.5. The van der Waals surface area contributed by atoms with Gasteiger partial charge in [0.1, 0.15) is 5.75 Å². The minimum absolute atomic E-state index is 0.0185. The molecule has 0 heterocycles. The molecule has 0 fully saturated rings. The van der Waals surface area contributed by atoms with Crippen LogP contribution in [0.1, 0.15) is 30.5 Å². The zero-order valence-electron chi connectivity index (χ0n) is 13.5. The van der Waals surface area contributed by atoms with E-state index in [9.17, 15) is 4.79 Å². The molecule has 0 spiro atoms. The van der Waals surface area contributed by atoms with Crippen LogP contribution in [-0.4, -0.2) is 12.5 Å². The van der Waals surface area contributed by atoms with Crippen LogP contribution in [0, 0.1) is 6.92 Å². The van der Waals surface area contributed by atoms with Crippen LogP contribution in [0.3, 0.4) is 0 Å². The van der Waals surface area contributed by atoms with Crippen molar-refractivity contribution in [2.45, 2.75) is 33.6 Å². The highest BCUT2D eigenvalue weighted by molar-refractivity contribution is 5.93. The first kappa shape index (κ1) is 16.1. The molecule has 0 atom stereocenters. The van der Waals surface area contributed by atoms with Gasteiger partial charge in [-0.25, -0.2) is 0 Å². The second-order valence-corrected chi connectivity index (χ2v) is 5.31. The Balaban J connectivity index is 2.03. The quantitative estimate of drug-likeness (QED) is 0.870. The number of benzene rings is 2. The van der Waals surface area contributed by atoms with Crippen LogP contribution in [0.5, 0.6) is 5.75 Å². The minimum atomic E-state index is -0.128. The van der Waals surface area contributed by atoms with Gasteiger partial charge in [0.25, 0.3) is 5.91 Å². The molecule has 0 aromatic heterocycles. The molecule has 2 rings (SSSR count). The monoisotopic (exact) mass is 297 g/mol. The van der Waals surface area contributed by atoms with Crippen molar-refractivity contribution in [1.82, 2.24) is 0 Å². The molecular weight excluding hydrogens is 274 g/mol. The topological polar surface area (TPSA) is 38.3 Å². The Morgan fingerprint density at radius 2 is 1.68 bits per heavy atom. The van der Waals surface area contributed by atoms with Gasteiger partial charge in [0, 0.05) is 5.69 Å². The van der Waals surface area contributed by atoms with E-state index in [4.69, 9.17) is 4.74 Å². The lowest BCUT2D eigenvalue weighted by molar-refractivity contribution is -0.118. The maximum absolute atomic E-state index is 12.2. The SMILES string of the molecule is CCc1cccc(CC)c1NC(=O)COc1cccc(C)c1. The van der Waals surface area contributed by atoms with Crippen LogP contribution < -0.4 is 10.1 Å². The molecule has 1 N–H and O–H groups in total. The van der Waals surface area contributed by atoms with Gasteiger partial charge in [-0.15, -0.1) is 0 Å². The Hall–Kier alpha value is -2.29. The van der Waals surface area contributed by atoms with Crippen molar-refractivity contribution in [2.24, 2.45) is 0 Å². The van der Waals surface area contributed by atoms with Crippen molar-refractivity contribution >= 4 is 11.6 Å². The third-order valence-electron chi connectivity index (χ3n) is 3.62. The number of amides is 1. The van der Waals surface area contributed by atoms with Crippen LogP contribution in [0.25, 0.3) is 0 Å². The Bertz CT molecular complexity index is 627. The summed E-state index contributed by atoms with van der Waals surface area (Å²) in [7, 11) is 0. The molecule has 0 bridgehead atoms. The van der Waals surface area contributed by atoms with Crippen LogP contribution in [0.15, 0.2) is 42.5 Å². The van der Waals surface area contributed by atoms with E-state index >= 15 is 0 Å². The summed E-state index contributed by atoms with van der Waals surface area (Å²) in [6, 6.07) is 13.8. The number of anilines is 1. The lowest BCUT2D eigenvalue weighted by Crippen LogP contribution is -2.21. The Morgan fingerprint density at radius 3 is 2.27 bits per heavy atom. The van der Waals surface area contributed by atoms with Gasteiger partial charge in [0.2, 0.25) is 0 Å². The molecule has 116 valence electrons. The molecule has 3 heteroatoms. The summed E-state index contributed by atoms with van der Waals surface area (Å²) in [5.74, 6) is 0.590. The van der Waals surface area contributed by atoms with Crippen molar-refractivity contribution in [3.63, 3.8) is 0 Å². The van der Waals surface area contributed by atoms with E-state index in [0.717, 1.165) is 41.0 Å². The number of carbonyl (C=O) groups is 1. The number of carbonyl (C=O) groups excluding carboxylic acids is 1. The first-order valence-electron chi connectivity index (χ1n) is 7.74. The largest absolute Gasteiger partial charge is 0.484 e. The van der Waals surface area contributed by atoms with Crippen molar-refractivity contribution < 1.29 is 9.53 Å². The smallest absolute Gasteiger partial charge is 0.262 e. The molecule has 0 saturated heterocycles. The van der Waals surface area contributed by atoms with Crippen LogP contribution >= 0.6 is 0 Å². The molecule has 2 aromatic rings. The minimum Gasteiger partial charge on any atom is -0.484 e.